The van der Waals surface area contributed by atoms with E-state index in [-0.39, 0.29) is 6.61 Å². The molecule has 0 fully saturated rings. The normalized spacial score (nSPS) is 15.6. The molecule has 0 aromatic rings. The number of ether oxygens (including phenoxy) is 1. The smallest absolute Gasteiger partial charge is 0.334 e. The molecule has 2 atom stereocenters. The summed E-state index contributed by atoms with van der Waals surface area (Å²) in [6.07, 6.45) is -1.15. The van der Waals surface area contributed by atoms with E-state index in [0.29, 0.717) is 6.42 Å². The average Bonchev–Trinajstić information content (AvgIpc) is 1.86. The van der Waals surface area contributed by atoms with E-state index in [1.165, 1.54) is 6.92 Å². The summed E-state index contributed by atoms with van der Waals surface area (Å²) in [5, 5.41) is 17.4. The molecular formula is C7H14O4. The first-order chi connectivity index (χ1) is 5.04. The van der Waals surface area contributed by atoms with Crippen molar-refractivity contribution >= 4 is 5.97 Å². The van der Waals surface area contributed by atoms with Crippen molar-refractivity contribution in [1.82, 2.24) is 0 Å². The molecule has 0 spiro atoms. The largest absolute Gasteiger partial charge is 0.464 e. The minimum Gasteiger partial charge on any atom is -0.464 e. The molecule has 4 heteroatoms. The standard InChI is InChI=1S/C7H14O4/c1-5(8)3-4-11-7(10)6(2)9/h5-6,8-9H,3-4H2,1-2H3/t5-,6-/m1/s1. The highest BCUT2D eigenvalue weighted by molar-refractivity contribution is 5.73. The van der Waals surface area contributed by atoms with Crippen LogP contribution >= 0.6 is 0 Å². The van der Waals surface area contributed by atoms with Crippen LogP contribution in [0.1, 0.15) is 20.3 Å². The van der Waals surface area contributed by atoms with Crippen LogP contribution in [0.5, 0.6) is 0 Å². The zero-order valence-corrected chi connectivity index (χ0v) is 6.78. The molecule has 0 unspecified atom stereocenters. The van der Waals surface area contributed by atoms with E-state index >= 15 is 0 Å². The van der Waals surface area contributed by atoms with Gasteiger partial charge in [0.1, 0.15) is 6.10 Å². The van der Waals surface area contributed by atoms with Crippen molar-refractivity contribution in [3.63, 3.8) is 0 Å². The van der Waals surface area contributed by atoms with E-state index in [2.05, 4.69) is 4.74 Å². The van der Waals surface area contributed by atoms with Crippen LogP contribution in [0.2, 0.25) is 0 Å². The first-order valence-corrected chi connectivity index (χ1v) is 3.56. The topological polar surface area (TPSA) is 66.8 Å². The molecular weight excluding hydrogens is 148 g/mol. The number of esters is 1. The van der Waals surface area contributed by atoms with Crippen LogP contribution in [-0.4, -0.2) is 35.0 Å². The minimum absolute atomic E-state index is 0.154. The highest BCUT2D eigenvalue weighted by atomic mass is 16.5. The van der Waals surface area contributed by atoms with Gasteiger partial charge in [0.15, 0.2) is 0 Å². The van der Waals surface area contributed by atoms with Crippen LogP contribution in [0.25, 0.3) is 0 Å². The van der Waals surface area contributed by atoms with Crippen LogP contribution < -0.4 is 0 Å². The highest BCUT2D eigenvalue weighted by Gasteiger charge is 2.09. The van der Waals surface area contributed by atoms with E-state index in [1.807, 2.05) is 0 Å². The van der Waals surface area contributed by atoms with E-state index in [0.717, 1.165) is 0 Å². The number of aliphatic hydroxyl groups excluding tert-OH is 2. The zero-order chi connectivity index (χ0) is 8.85. The van der Waals surface area contributed by atoms with Gasteiger partial charge in [0.25, 0.3) is 0 Å². The van der Waals surface area contributed by atoms with E-state index in [9.17, 15) is 4.79 Å². The first kappa shape index (κ1) is 10.4. The zero-order valence-electron chi connectivity index (χ0n) is 6.78. The fraction of sp³-hybridized carbons (Fsp3) is 0.857. The Kier molecular flexibility index (Phi) is 4.81. The molecule has 0 bridgehead atoms. The summed E-state index contributed by atoms with van der Waals surface area (Å²) in [6, 6.07) is 0. The highest BCUT2D eigenvalue weighted by Crippen LogP contribution is 1.92. The van der Waals surface area contributed by atoms with Gasteiger partial charge in [0.05, 0.1) is 12.7 Å². The van der Waals surface area contributed by atoms with Crippen LogP contribution in [0.3, 0.4) is 0 Å². The summed E-state index contributed by atoms with van der Waals surface area (Å²) >= 11 is 0. The van der Waals surface area contributed by atoms with Gasteiger partial charge >= 0.3 is 5.97 Å². The molecule has 0 rings (SSSR count). The number of hydrogen-bond donors (Lipinski definition) is 2. The fourth-order valence-corrected chi connectivity index (χ4v) is 0.451. The molecule has 0 aliphatic heterocycles. The second kappa shape index (κ2) is 5.09. The Labute approximate surface area is 65.8 Å². The summed E-state index contributed by atoms with van der Waals surface area (Å²) in [4.78, 5) is 10.6. The molecule has 4 nitrogen and oxygen atoms in total. The Balaban J connectivity index is 3.32. The van der Waals surface area contributed by atoms with Crippen molar-refractivity contribution in [2.24, 2.45) is 0 Å². The lowest BCUT2D eigenvalue weighted by atomic mass is 10.3. The molecule has 66 valence electrons. The molecule has 0 aromatic heterocycles. The predicted octanol–water partition coefficient (Wildman–Crippen LogP) is -0.319. The van der Waals surface area contributed by atoms with E-state index in [1.54, 1.807) is 6.92 Å². The number of rotatable bonds is 4. The maximum absolute atomic E-state index is 10.6. The van der Waals surface area contributed by atoms with Crippen molar-refractivity contribution in [2.75, 3.05) is 6.61 Å². The molecule has 0 saturated carbocycles. The molecule has 0 radical (unpaired) electrons. The number of aliphatic hydroxyl groups is 2. The first-order valence-electron chi connectivity index (χ1n) is 3.56. The van der Waals surface area contributed by atoms with E-state index < -0.39 is 18.2 Å². The average molecular weight is 162 g/mol. The maximum atomic E-state index is 10.6. The van der Waals surface area contributed by atoms with Crippen molar-refractivity contribution < 1.29 is 19.7 Å². The molecule has 0 aliphatic rings. The predicted molar refractivity (Wildman–Crippen MR) is 38.9 cm³/mol. The summed E-state index contributed by atoms with van der Waals surface area (Å²) in [6.45, 7) is 3.10. The third kappa shape index (κ3) is 5.82. The maximum Gasteiger partial charge on any atom is 0.334 e. The van der Waals surface area contributed by atoms with Crippen LogP contribution in [0, 0.1) is 0 Å². The molecule has 0 aromatic carbocycles. The van der Waals surface area contributed by atoms with Gasteiger partial charge < -0.3 is 14.9 Å². The van der Waals surface area contributed by atoms with Gasteiger partial charge in [0, 0.05) is 6.42 Å². The van der Waals surface area contributed by atoms with Gasteiger partial charge in [-0.3, -0.25) is 0 Å². The summed E-state index contributed by atoms with van der Waals surface area (Å²) < 4.78 is 4.57. The van der Waals surface area contributed by atoms with Gasteiger partial charge in [-0.15, -0.1) is 0 Å². The molecule has 0 saturated heterocycles. The van der Waals surface area contributed by atoms with Crippen molar-refractivity contribution in [1.29, 1.82) is 0 Å². The lowest BCUT2D eigenvalue weighted by Gasteiger charge is -2.07. The van der Waals surface area contributed by atoms with Crippen LogP contribution in [-0.2, 0) is 9.53 Å². The molecule has 11 heavy (non-hydrogen) atoms. The monoisotopic (exact) mass is 162 g/mol. The van der Waals surface area contributed by atoms with Crippen molar-refractivity contribution in [3.05, 3.63) is 0 Å². The third-order valence-electron chi connectivity index (χ3n) is 1.12. The summed E-state index contributed by atoms with van der Waals surface area (Å²) in [5.41, 5.74) is 0. The Morgan fingerprint density at radius 1 is 1.45 bits per heavy atom. The van der Waals surface area contributed by atoms with Gasteiger partial charge in [-0.05, 0) is 13.8 Å². The second-order valence-electron chi connectivity index (χ2n) is 2.48. The summed E-state index contributed by atoms with van der Waals surface area (Å²) in [5.74, 6) is -0.648. The Bertz CT molecular complexity index is 120. The number of carbonyl (C=O) groups excluding carboxylic acids is 1. The SMILES string of the molecule is C[C@@H](O)CCOC(=O)[C@@H](C)O. The molecule has 2 N–H and O–H groups in total. The van der Waals surface area contributed by atoms with Gasteiger partial charge in [-0.25, -0.2) is 4.79 Å². The fourth-order valence-electron chi connectivity index (χ4n) is 0.451. The van der Waals surface area contributed by atoms with Crippen LogP contribution in [0.15, 0.2) is 0 Å². The molecule has 0 amide bonds. The third-order valence-corrected chi connectivity index (χ3v) is 1.12. The molecule has 0 heterocycles. The van der Waals surface area contributed by atoms with Gasteiger partial charge in [-0.1, -0.05) is 0 Å². The van der Waals surface area contributed by atoms with Crippen molar-refractivity contribution in [2.45, 2.75) is 32.5 Å². The Morgan fingerprint density at radius 2 is 2.00 bits per heavy atom. The Morgan fingerprint density at radius 3 is 2.36 bits per heavy atom. The lowest BCUT2D eigenvalue weighted by Crippen LogP contribution is -2.20. The van der Waals surface area contributed by atoms with E-state index in [4.69, 9.17) is 10.2 Å². The quantitative estimate of drug-likeness (QED) is 0.556. The Hall–Kier alpha value is -0.610. The van der Waals surface area contributed by atoms with Crippen molar-refractivity contribution in [3.8, 4) is 0 Å². The van der Waals surface area contributed by atoms with Crippen LogP contribution in [0.4, 0.5) is 0 Å². The second-order valence-corrected chi connectivity index (χ2v) is 2.48. The number of carbonyl (C=O) groups is 1. The minimum atomic E-state index is -1.08. The molecule has 0 aliphatic carbocycles. The summed E-state index contributed by atoms with van der Waals surface area (Å²) in [7, 11) is 0. The van der Waals surface area contributed by atoms with Gasteiger partial charge in [-0.2, -0.15) is 0 Å². The van der Waals surface area contributed by atoms with Gasteiger partial charge in [0.2, 0.25) is 0 Å². The number of hydrogen-bond acceptors (Lipinski definition) is 4. The lowest BCUT2D eigenvalue weighted by molar-refractivity contribution is -0.153.